The molecule has 0 heterocycles. The maximum absolute atomic E-state index is 10.9. The fraction of sp³-hybridized carbons (Fsp3) is 0.818. The summed E-state index contributed by atoms with van der Waals surface area (Å²) in [5.74, 6) is -2.77. The van der Waals surface area contributed by atoms with E-state index in [1.54, 1.807) is 0 Å². The molecule has 0 amide bonds. The van der Waals surface area contributed by atoms with Crippen molar-refractivity contribution >= 4 is 11.9 Å². The van der Waals surface area contributed by atoms with E-state index in [2.05, 4.69) is 0 Å². The highest BCUT2D eigenvalue weighted by molar-refractivity contribution is 5.77. The fourth-order valence-electron chi connectivity index (χ4n) is 1.80. The number of hydrogen-bond donors (Lipinski definition) is 2. The highest BCUT2D eigenvalue weighted by atomic mass is 16.4. The SMILES string of the molecule is CCCCC(CC)C(CC(=O)O)C(=O)O. The molecule has 4 nitrogen and oxygen atoms in total. The van der Waals surface area contributed by atoms with Gasteiger partial charge in [-0.2, -0.15) is 0 Å². The van der Waals surface area contributed by atoms with Crippen LogP contribution < -0.4 is 0 Å². The van der Waals surface area contributed by atoms with Gasteiger partial charge in [0, 0.05) is 0 Å². The molecule has 15 heavy (non-hydrogen) atoms. The minimum absolute atomic E-state index is 0.0152. The maximum atomic E-state index is 10.9. The van der Waals surface area contributed by atoms with Crippen molar-refractivity contribution in [1.29, 1.82) is 0 Å². The van der Waals surface area contributed by atoms with Crippen LogP contribution >= 0.6 is 0 Å². The Morgan fingerprint density at radius 1 is 1.20 bits per heavy atom. The highest BCUT2D eigenvalue weighted by Gasteiger charge is 2.28. The van der Waals surface area contributed by atoms with Crippen LogP contribution in [-0.2, 0) is 9.59 Å². The number of carboxylic acid groups (broad SMARTS) is 2. The molecule has 88 valence electrons. The topological polar surface area (TPSA) is 74.6 Å². The maximum Gasteiger partial charge on any atom is 0.307 e. The summed E-state index contributed by atoms with van der Waals surface area (Å²) >= 11 is 0. The molecule has 0 aromatic heterocycles. The fourth-order valence-corrected chi connectivity index (χ4v) is 1.80. The largest absolute Gasteiger partial charge is 0.481 e. The quantitative estimate of drug-likeness (QED) is 0.653. The number of hydrogen-bond acceptors (Lipinski definition) is 2. The van der Waals surface area contributed by atoms with Gasteiger partial charge in [0.15, 0.2) is 0 Å². The third kappa shape index (κ3) is 5.40. The predicted octanol–water partition coefficient (Wildman–Crippen LogP) is 2.38. The summed E-state index contributed by atoms with van der Waals surface area (Å²) in [4.78, 5) is 21.5. The standard InChI is InChI=1S/C11H20O4/c1-3-5-6-8(4-2)9(11(14)15)7-10(12)13/h8-9H,3-7H2,1-2H3,(H,12,13)(H,14,15). The van der Waals surface area contributed by atoms with Crippen LogP contribution in [0.3, 0.4) is 0 Å². The van der Waals surface area contributed by atoms with Gasteiger partial charge in [-0.15, -0.1) is 0 Å². The second kappa shape index (κ2) is 7.26. The molecule has 0 saturated heterocycles. The average molecular weight is 216 g/mol. The van der Waals surface area contributed by atoms with E-state index < -0.39 is 17.9 Å². The monoisotopic (exact) mass is 216 g/mol. The molecule has 0 aliphatic carbocycles. The number of aliphatic carboxylic acids is 2. The molecule has 0 fully saturated rings. The molecule has 2 N–H and O–H groups in total. The van der Waals surface area contributed by atoms with Gasteiger partial charge in [-0.3, -0.25) is 9.59 Å². The van der Waals surface area contributed by atoms with E-state index in [-0.39, 0.29) is 12.3 Å². The van der Waals surface area contributed by atoms with Gasteiger partial charge in [-0.05, 0) is 12.3 Å². The van der Waals surface area contributed by atoms with Crippen LogP contribution in [0.15, 0.2) is 0 Å². The number of carboxylic acids is 2. The summed E-state index contributed by atoms with van der Waals surface area (Å²) in [6.07, 6.45) is 3.23. The lowest BCUT2D eigenvalue weighted by Gasteiger charge is -2.20. The summed E-state index contributed by atoms with van der Waals surface area (Å²) in [6, 6.07) is 0. The second-order valence-corrected chi connectivity index (χ2v) is 3.85. The van der Waals surface area contributed by atoms with Crippen molar-refractivity contribution in [2.75, 3.05) is 0 Å². The van der Waals surface area contributed by atoms with Crippen LogP contribution in [0.2, 0.25) is 0 Å². The normalized spacial score (nSPS) is 14.5. The summed E-state index contributed by atoms with van der Waals surface area (Å²) < 4.78 is 0. The van der Waals surface area contributed by atoms with Crippen LogP contribution in [-0.4, -0.2) is 22.2 Å². The van der Waals surface area contributed by atoms with Gasteiger partial charge < -0.3 is 10.2 Å². The van der Waals surface area contributed by atoms with Crippen LogP contribution in [0.1, 0.15) is 46.0 Å². The molecule has 0 bridgehead atoms. The molecule has 4 heteroatoms. The molecule has 2 atom stereocenters. The van der Waals surface area contributed by atoms with Gasteiger partial charge >= 0.3 is 11.9 Å². The smallest absolute Gasteiger partial charge is 0.307 e. The van der Waals surface area contributed by atoms with E-state index in [4.69, 9.17) is 10.2 Å². The summed E-state index contributed by atoms with van der Waals surface area (Å²) in [5, 5.41) is 17.6. The third-order valence-corrected chi connectivity index (χ3v) is 2.73. The lowest BCUT2D eigenvalue weighted by molar-refractivity contribution is -0.150. The summed E-state index contributed by atoms with van der Waals surface area (Å²) in [5.41, 5.74) is 0. The number of carbonyl (C=O) groups is 2. The Kier molecular flexibility index (Phi) is 6.75. The lowest BCUT2D eigenvalue weighted by Crippen LogP contribution is -2.26. The van der Waals surface area contributed by atoms with Crippen molar-refractivity contribution in [3.05, 3.63) is 0 Å². The van der Waals surface area contributed by atoms with E-state index in [0.29, 0.717) is 0 Å². The average Bonchev–Trinajstić information content (AvgIpc) is 2.16. The lowest BCUT2D eigenvalue weighted by atomic mass is 9.84. The molecule has 2 unspecified atom stereocenters. The van der Waals surface area contributed by atoms with Crippen molar-refractivity contribution in [3.8, 4) is 0 Å². The third-order valence-electron chi connectivity index (χ3n) is 2.73. The molecule has 0 radical (unpaired) electrons. The summed E-state index contributed by atoms with van der Waals surface area (Å²) in [6.45, 7) is 3.96. The molecule has 0 aromatic carbocycles. The molecule has 0 saturated carbocycles. The zero-order valence-corrected chi connectivity index (χ0v) is 9.40. The van der Waals surface area contributed by atoms with Gasteiger partial charge in [-0.1, -0.05) is 33.1 Å². The van der Waals surface area contributed by atoms with Gasteiger partial charge in [0.1, 0.15) is 0 Å². The van der Waals surface area contributed by atoms with Gasteiger partial charge in [0.05, 0.1) is 12.3 Å². The van der Waals surface area contributed by atoms with E-state index in [9.17, 15) is 9.59 Å². The Balaban J connectivity index is 4.40. The molecule has 0 rings (SSSR count). The van der Waals surface area contributed by atoms with Gasteiger partial charge in [0.25, 0.3) is 0 Å². The molecule has 0 aliphatic heterocycles. The van der Waals surface area contributed by atoms with Gasteiger partial charge in [-0.25, -0.2) is 0 Å². The second-order valence-electron chi connectivity index (χ2n) is 3.85. The molecular weight excluding hydrogens is 196 g/mol. The van der Waals surface area contributed by atoms with Crippen LogP contribution in [0.5, 0.6) is 0 Å². The molecule has 0 aromatic rings. The van der Waals surface area contributed by atoms with Crippen molar-refractivity contribution in [2.45, 2.75) is 46.0 Å². The molecular formula is C11H20O4. The Hall–Kier alpha value is -1.06. The minimum atomic E-state index is -1.03. The molecule has 0 aliphatic rings. The van der Waals surface area contributed by atoms with Crippen molar-refractivity contribution in [1.82, 2.24) is 0 Å². The molecule has 0 spiro atoms. The van der Waals surface area contributed by atoms with E-state index in [1.807, 2.05) is 13.8 Å². The van der Waals surface area contributed by atoms with Crippen LogP contribution in [0, 0.1) is 11.8 Å². The van der Waals surface area contributed by atoms with Crippen LogP contribution in [0.25, 0.3) is 0 Å². The van der Waals surface area contributed by atoms with E-state index in [1.165, 1.54) is 0 Å². The first-order valence-electron chi connectivity index (χ1n) is 5.47. The first-order chi connectivity index (χ1) is 7.02. The number of unbranched alkanes of at least 4 members (excludes halogenated alkanes) is 1. The van der Waals surface area contributed by atoms with Crippen molar-refractivity contribution in [3.63, 3.8) is 0 Å². The first-order valence-corrected chi connectivity index (χ1v) is 5.47. The Morgan fingerprint density at radius 3 is 2.13 bits per heavy atom. The van der Waals surface area contributed by atoms with Crippen molar-refractivity contribution in [2.24, 2.45) is 11.8 Å². The number of rotatable bonds is 8. The van der Waals surface area contributed by atoms with Crippen molar-refractivity contribution < 1.29 is 19.8 Å². The zero-order valence-electron chi connectivity index (χ0n) is 9.40. The summed E-state index contributed by atoms with van der Waals surface area (Å²) in [7, 11) is 0. The highest BCUT2D eigenvalue weighted by Crippen LogP contribution is 2.25. The Bertz CT molecular complexity index is 213. The predicted molar refractivity (Wildman–Crippen MR) is 56.7 cm³/mol. The van der Waals surface area contributed by atoms with Crippen LogP contribution in [0.4, 0.5) is 0 Å². The first kappa shape index (κ1) is 13.9. The minimum Gasteiger partial charge on any atom is -0.481 e. The Morgan fingerprint density at radius 2 is 1.80 bits per heavy atom. The zero-order chi connectivity index (χ0) is 11.8. The van der Waals surface area contributed by atoms with E-state index >= 15 is 0 Å². The van der Waals surface area contributed by atoms with E-state index in [0.717, 1.165) is 25.7 Å². The van der Waals surface area contributed by atoms with Gasteiger partial charge in [0.2, 0.25) is 0 Å². The Labute approximate surface area is 90.3 Å².